The van der Waals surface area contributed by atoms with Gasteiger partial charge in [-0.05, 0) is 19.3 Å². The second kappa shape index (κ2) is 15.6. The molecule has 4 heteroatoms. The Morgan fingerprint density at radius 1 is 0.739 bits per heavy atom. The van der Waals surface area contributed by atoms with E-state index in [2.05, 4.69) is 6.92 Å². The predicted molar refractivity (Wildman–Crippen MR) is 93.6 cm³/mol. The zero-order chi connectivity index (χ0) is 17.3. The molecule has 0 rings (SSSR count). The van der Waals surface area contributed by atoms with Gasteiger partial charge in [-0.1, -0.05) is 83.3 Å². The Kier molecular flexibility index (Phi) is 14.7. The topological polar surface area (TPSA) is 74.6 Å². The molecule has 0 unspecified atom stereocenters. The molecule has 0 amide bonds. The van der Waals surface area contributed by atoms with E-state index in [0.717, 1.165) is 12.8 Å². The summed E-state index contributed by atoms with van der Waals surface area (Å²) in [6, 6.07) is 0. The van der Waals surface area contributed by atoms with Crippen LogP contribution in [0.15, 0.2) is 12.2 Å². The zero-order valence-corrected chi connectivity index (χ0v) is 14.6. The van der Waals surface area contributed by atoms with Crippen LogP contribution in [0.1, 0.15) is 90.4 Å². The van der Waals surface area contributed by atoms with Crippen molar-refractivity contribution < 1.29 is 19.8 Å². The third kappa shape index (κ3) is 14.0. The fraction of sp³-hybridized carbons (Fsp3) is 0.789. The molecule has 0 aliphatic rings. The Morgan fingerprint density at radius 3 is 1.61 bits per heavy atom. The van der Waals surface area contributed by atoms with Crippen molar-refractivity contribution in [3.05, 3.63) is 12.2 Å². The highest BCUT2D eigenvalue weighted by Crippen LogP contribution is 2.12. The lowest BCUT2D eigenvalue weighted by molar-refractivity contribution is -0.154. The Balaban J connectivity index is 3.37. The van der Waals surface area contributed by atoms with Gasteiger partial charge < -0.3 is 10.2 Å². The number of carboxylic acid groups (broad SMARTS) is 2. The number of carboxylic acids is 2. The maximum Gasteiger partial charge on any atom is 0.318 e. The number of aliphatic carboxylic acids is 2. The van der Waals surface area contributed by atoms with E-state index in [1.54, 1.807) is 6.08 Å². The molecule has 0 aliphatic heterocycles. The molecule has 0 aromatic rings. The highest BCUT2D eigenvalue weighted by molar-refractivity contribution is 5.92. The first-order valence-electron chi connectivity index (χ1n) is 9.20. The molecule has 2 N–H and O–H groups in total. The van der Waals surface area contributed by atoms with Crippen LogP contribution >= 0.6 is 0 Å². The summed E-state index contributed by atoms with van der Waals surface area (Å²) in [4.78, 5) is 21.4. The SMILES string of the molecule is CCCCCCCCCCCCC/C=C\CC(C(=O)O)C(=O)O. The average molecular weight is 326 g/mol. The van der Waals surface area contributed by atoms with Gasteiger partial charge >= 0.3 is 11.9 Å². The molecule has 0 aromatic heterocycles. The first kappa shape index (κ1) is 21.7. The van der Waals surface area contributed by atoms with Gasteiger partial charge in [0.1, 0.15) is 0 Å². The summed E-state index contributed by atoms with van der Waals surface area (Å²) in [6.07, 6.45) is 18.9. The van der Waals surface area contributed by atoms with Crippen LogP contribution in [0, 0.1) is 5.92 Å². The lowest BCUT2D eigenvalue weighted by Gasteiger charge is -2.03. The summed E-state index contributed by atoms with van der Waals surface area (Å²) < 4.78 is 0. The molecule has 0 heterocycles. The van der Waals surface area contributed by atoms with Crippen molar-refractivity contribution in [1.82, 2.24) is 0 Å². The lowest BCUT2D eigenvalue weighted by Crippen LogP contribution is -2.22. The third-order valence-corrected chi connectivity index (χ3v) is 4.11. The molecule has 4 nitrogen and oxygen atoms in total. The fourth-order valence-electron chi connectivity index (χ4n) is 2.58. The molecule has 0 saturated carbocycles. The van der Waals surface area contributed by atoms with Crippen molar-refractivity contribution in [3.63, 3.8) is 0 Å². The van der Waals surface area contributed by atoms with Gasteiger partial charge in [0.05, 0.1) is 0 Å². The van der Waals surface area contributed by atoms with Crippen molar-refractivity contribution >= 4 is 11.9 Å². The van der Waals surface area contributed by atoms with Crippen molar-refractivity contribution in [3.8, 4) is 0 Å². The van der Waals surface area contributed by atoms with Crippen LogP contribution in [-0.4, -0.2) is 22.2 Å². The Bertz CT molecular complexity index is 322. The van der Waals surface area contributed by atoms with E-state index in [1.807, 2.05) is 6.08 Å². The van der Waals surface area contributed by atoms with Gasteiger partial charge in [-0.3, -0.25) is 9.59 Å². The predicted octanol–water partition coefficient (Wildman–Crippen LogP) is 5.42. The summed E-state index contributed by atoms with van der Waals surface area (Å²) >= 11 is 0. The summed E-state index contributed by atoms with van der Waals surface area (Å²) in [5, 5.41) is 17.5. The third-order valence-electron chi connectivity index (χ3n) is 4.11. The van der Waals surface area contributed by atoms with Crippen molar-refractivity contribution in [2.45, 2.75) is 90.4 Å². The van der Waals surface area contributed by atoms with E-state index < -0.39 is 17.9 Å². The van der Waals surface area contributed by atoms with Gasteiger partial charge in [-0.15, -0.1) is 0 Å². The molecular weight excluding hydrogens is 292 g/mol. The normalized spacial score (nSPS) is 11.4. The van der Waals surface area contributed by atoms with Crippen LogP contribution in [0.25, 0.3) is 0 Å². The maximum atomic E-state index is 10.7. The molecule has 134 valence electrons. The van der Waals surface area contributed by atoms with Crippen molar-refractivity contribution in [1.29, 1.82) is 0 Å². The maximum absolute atomic E-state index is 10.7. The molecule has 0 bridgehead atoms. The van der Waals surface area contributed by atoms with Crippen LogP contribution in [0.5, 0.6) is 0 Å². The highest BCUT2D eigenvalue weighted by atomic mass is 16.4. The second-order valence-electron chi connectivity index (χ2n) is 6.26. The lowest BCUT2D eigenvalue weighted by atomic mass is 10.0. The van der Waals surface area contributed by atoms with Crippen LogP contribution in [0.2, 0.25) is 0 Å². The van der Waals surface area contributed by atoms with Crippen LogP contribution in [0.3, 0.4) is 0 Å². The van der Waals surface area contributed by atoms with Crippen LogP contribution < -0.4 is 0 Å². The minimum Gasteiger partial charge on any atom is -0.481 e. The van der Waals surface area contributed by atoms with E-state index in [0.29, 0.717) is 0 Å². The molecular formula is C19H34O4. The quantitative estimate of drug-likeness (QED) is 0.226. The van der Waals surface area contributed by atoms with Gasteiger partial charge in [-0.2, -0.15) is 0 Å². The van der Waals surface area contributed by atoms with E-state index in [-0.39, 0.29) is 6.42 Å². The van der Waals surface area contributed by atoms with Gasteiger partial charge in [0, 0.05) is 0 Å². The molecule has 0 fully saturated rings. The summed E-state index contributed by atoms with van der Waals surface area (Å²) in [5.74, 6) is -3.85. The minimum absolute atomic E-state index is 0.0721. The Hall–Kier alpha value is -1.32. The molecule has 0 aromatic carbocycles. The molecule has 0 saturated heterocycles. The van der Waals surface area contributed by atoms with Gasteiger partial charge in [-0.25, -0.2) is 0 Å². The Labute approximate surface area is 141 Å². The molecule has 0 atom stereocenters. The van der Waals surface area contributed by atoms with Crippen molar-refractivity contribution in [2.75, 3.05) is 0 Å². The standard InChI is InChI=1S/C19H34O4/c1-2-3-4-5-6-7-8-9-10-11-12-13-14-15-16-17(18(20)21)19(22)23/h14-15,17H,2-13,16H2,1H3,(H,20,21)(H,22,23)/b15-14-. The summed E-state index contributed by atoms with van der Waals surface area (Å²) in [7, 11) is 0. The van der Waals surface area contributed by atoms with Crippen LogP contribution in [-0.2, 0) is 9.59 Å². The number of rotatable bonds is 16. The first-order chi connectivity index (χ1) is 11.1. The molecule has 23 heavy (non-hydrogen) atoms. The first-order valence-corrected chi connectivity index (χ1v) is 9.20. The Morgan fingerprint density at radius 2 is 1.17 bits per heavy atom. The smallest absolute Gasteiger partial charge is 0.318 e. The van der Waals surface area contributed by atoms with E-state index in [4.69, 9.17) is 10.2 Å². The largest absolute Gasteiger partial charge is 0.481 e. The summed E-state index contributed by atoms with van der Waals surface area (Å²) in [6.45, 7) is 2.24. The molecule has 0 aliphatic carbocycles. The zero-order valence-electron chi connectivity index (χ0n) is 14.6. The van der Waals surface area contributed by atoms with Crippen LogP contribution in [0.4, 0.5) is 0 Å². The number of unbranched alkanes of at least 4 members (excludes halogenated alkanes) is 11. The average Bonchev–Trinajstić information content (AvgIpc) is 2.50. The number of carbonyl (C=O) groups is 2. The molecule has 0 spiro atoms. The second-order valence-corrected chi connectivity index (χ2v) is 6.26. The van der Waals surface area contributed by atoms with Gasteiger partial charge in [0.2, 0.25) is 0 Å². The monoisotopic (exact) mass is 326 g/mol. The fourth-order valence-corrected chi connectivity index (χ4v) is 2.58. The van der Waals surface area contributed by atoms with E-state index in [9.17, 15) is 9.59 Å². The number of hydrogen-bond acceptors (Lipinski definition) is 2. The highest BCUT2D eigenvalue weighted by Gasteiger charge is 2.23. The summed E-state index contributed by atoms with van der Waals surface area (Å²) in [5.41, 5.74) is 0. The van der Waals surface area contributed by atoms with Gasteiger partial charge in [0.25, 0.3) is 0 Å². The van der Waals surface area contributed by atoms with E-state index >= 15 is 0 Å². The van der Waals surface area contributed by atoms with E-state index in [1.165, 1.54) is 64.2 Å². The molecule has 0 radical (unpaired) electrons. The number of allylic oxidation sites excluding steroid dienone is 2. The minimum atomic E-state index is -1.32. The van der Waals surface area contributed by atoms with Crippen molar-refractivity contribution in [2.24, 2.45) is 5.92 Å². The number of hydrogen-bond donors (Lipinski definition) is 2. The van der Waals surface area contributed by atoms with Gasteiger partial charge in [0.15, 0.2) is 5.92 Å².